The van der Waals surface area contributed by atoms with Gasteiger partial charge in [0.2, 0.25) is 0 Å². The van der Waals surface area contributed by atoms with Gasteiger partial charge in [-0.2, -0.15) is 0 Å². The van der Waals surface area contributed by atoms with Crippen molar-refractivity contribution in [3.63, 3.8) is 0 Å². The molecule has 0 amide bonds. The van der Waals surface area contributed by atoms with Crippen LogP contribution in [0.15, 0.2) is 210 Å². The van der Waals surface area contributed by atoms with Gasteiger partial charge in [-0.3, -0.25) is 5.32 Å². The van der Waals surface area contributed by atoms with Crippen molar-refractivity contribution in [1.82, 2.24) is 5.32 Å². The summed E-state index contributed by atoms with van der Waals surface area (Å²) in [7, 11) is 0. The maximum atomic E-state index is 6.88. The fourth-order valence-electron chi connectivity index (χ4n) is 8.89. The zero-order chi connectivity index (χ0) is 39.8. The van der Waals surface area contributed by atoms with Gasteiger partial charge in [-0.15, -0.1) is 0 Å². The molecular weight excluding hydrogens is 721 g/mol. The molecule has 1 atom stereocenters. The van der Waals surface area contributed by atoms with Gasteiger partial charge in [-0.1, -0.05) is 163 Å². The van der Waals surface area contributed by atoms with E-state index in [9.17, 15) is 0 Å². The molecule has 0 aliphatic carbocycles. The number of hydrogen-bond acceptors (Lipinski definition) is 4. The number of nitrogens with one attached hydrogen (secondary N) is 1. The van der Waals surface area contributed by atoms with E-state index in [0.29, 0.717) is 12.4 Å². The van der Waals surface area contributed by atoms with Gasteiger partial charge >= 0.3 is 0 Å². The lowest BCUT2D eigenvalue weighted by molar-refractivity contribution is 0.434. The van der Waals surface area contributed by atoms with Crippen LogP contribution in [0.4, 0.5) is 17.1 Å². The number of nitrogens with zero attached hydrogens (tertiary/aromatic N) is 3. The Balaban J connectivity index is 1.07. The molecule has 2 heterocycles. The topological polar surface area (TPSA) is 49.2 Å². The summed E-state index contributed by atoms with van der Waals surface area (Å²) in [5.74, 6) is 2.10. The molecule has 8 aromatic carbocycles. The van der Waals surface area contributed by atoms with E-state index in [1.165, 1.54) is 27.8 Å². The summed E-state index contributed by atoms with van der Waals surface area (Å²) in [5, 5.41) is 3.72. The van der Waals surface area contributed by atoms with E-state index in [2.05, 4.69) is 205 Å². The van der Waals surface area contributed by atoms with E-state index in [0.717, 1.165) is 56.4 Å². The normalized spacial score (nSPS) is 14.0. The minimum atomic E-state index is -0.665. The largest absolute Gasteiger partial charge is 0.457 e. The highest BCUT2D eigenvalue weighted by molar-refractivity contribution is 6.02. The Kier molecular flexibility index (Phi) is 9.28. The number of aliphatic imine (C=N–C) groups is 2. The predicted molar refractivity (Wildman–Crippen MR) is 242 cm³/mol. The Hall–Kier alpha value is -7.34. The molecule has 59 heavy (non-hydrogen) atoms. The van der Waals surface area contributed by atoms with Gasteiger partial charge in [0, 0.05) is 28.9 Å². The SMILES string of the molecule is C=N/C(=N\C(NCc1cccc(-c2ccc(C)cc2)c1)c1ccccc1)c1ccc2c(c1)Oc1ccccc1C21c2ccccc2N(c2ccccc2)c2ccccc21. The van der Waals surface area contributed by atoms with Crippen LogP contribution in [0.25, 0.3) is 11.1 Å². The lowest BCUT2D eigenvalue weighted by Gasteiger charge is -2.48. The molecule has 284 valence electrons. The molecule has 0 saturated carbocycles. The molecule has 1 spiro atoms. The average molecular weight is 763 g/mol. The van der Waals surface area contributed by atoms with Crippen LogP contribution in [0.3, 0.4) is 0 Å². The number of para-hydroxylation sites is 4. The van der Waals surface area contributed by atoms with Gasteiger partial charge in [0.05, 0.1) is 16.8 Å². The van der Waals surface area contributed by atoms with E-state index in [1.54, 1.807) is 0 Å². The van der Waals surface area contributed by atoms with Crippen molar-refractivity contribution in [2.24, 2.45) is 9.98 Å². The summed E-state index contributed by atoms with van der Waals surface area (Å²) in [6.07, 6.45) is -0.384. The lowest BCUT2D eigenvalue weighted by atomic mass is 9.61. The van der Waals surface area contributed by atoms with Gasteiger partial charge in [-0.25, -0.2) is 9.98 Å². The van der Waals surface area contributed by atoms with Gasteiger partial charge < -0.3 is 9.64 Å². The quantitative estimate of drug-likeness (QED) is 0.124. The summed E-state index contributed by atoms with van der Waals surface area (Å²) in [6.45, 7) is 6.75. The molecule has 5 heteroatoms. The summed E-state index contributed by atoms with van der Waals surface area (Å²) in [6, 6.07) is 70.6. The molecule has 0 radical (unpaired) electrons. The Morgan fingerprint density at radius 3 is 1.93 bits per heavy atom. The van der Waals surface area contributed by atoms with Crippen LogP contribution >= 0.6 is 0 Å². The van der Waals surface area contributed by atoms with Crippen LogP contribution in [0.2, 0.25) is 0 Å². The highest BCUT2D eigenvalue weighted by atomic mass is 16.5. The third-order valence-corrected chi connectivity index (χ3v) is 11.6. The van der Waals surface area contributed by atoms with Gasteiger partial charge in [0.15, 0.2) is 5.84 Å². The van der Waals surface area contributed by atoms with Crippen LogP contribution in [0, 0.1) is 6.92 Å². The van der Waals surface area contributed by atoms with E-state index >= 15 is 0 Å². The maximum Gasteiger partial charge on any atom is 0.155 e. The molecule has 2 aliphatic rings. The maximum absolute atomic E-state index is 6.88. The van der Waals surface area contributed by atoms with Crippen molar-refractivity contribution in [2.45, 2.75) is 25.0 Å². The monoisotopic (exact) mass is 762 g/mol. The Morgan fingerprint density at radius 1 is 0.593 bits per heavy atom. The molecule has 0 aromatic heterocycles. The first-order chi connectivity index (χ1) is 29.1. The summed E-state index contributed by atoms with van der Waals surface area (Å²) in [4.78, 5) is 12.2. The van der Waals surface area contributed by atoms with Crippen molar-refractivity contribution in [2.75, 3.05) is 4.90 Å². The third kappa shape index (κ3) is 6.33. The molecular formula is C54H42N4O. The Labute approximate surface area is 345 Å². The second-order valence-corrected chi connectivity index (χ2v) is 15.1. The van der Waals surface area contributed by atoms with Crippen LogP contribution in [0.1, 0.15) is 50.7 Å². The fraction of sp³-hybridized carbons (Fsp3) is 0.0741. The molecule has 10 rings (SSSR count). The zero-order valence-electron chi connectivity index (χ0n) is 32.8. The fourth-order valence-corrected chi connectivity index (χ4v) is 8.89. The van der Waals surface area contributed by atoms with Crippen molar-refractivity contribution in [3.8, 4) is 22.6 Å². The standard InChI is InChI=1S/C54H42N4O/c1-37-28-30-39(31-29-37)41-19-15-16-38(34-41)36-56-53(40-17-5-3-6-18-40)57-52(55-2)42-32-33-47-51(35-42)59-50-27-14-11-24-46(50)54(47)44-22-9-12-25-48(44)58(43-20-7-4-8-21-43)49-26-13-10-23-45(49)54/h3-35,53,56H,2,36H2,1H3/b57-52-. The number of ether oxygens (including phenoxy) is 1. The number of aryl methyl sites for hydroxylation is 1. The number of amidine groups is 1. The molecule has 0 saturated heterocycles. The summed E-state index contributed by atoms with van der Waals surface area (Å²) >= 11 is 0. The van der Waals surface area contributed by atoms with Crippen LogP contribution < -0.4 is 15.0 Å². The van der Waals surface area contributed by atoms with Crippen LogP contribution in [-0.4, -0.2) is 12.6 Å². The lowest BCUT2D eigenvalue weighted by Crippen LogP contribution is -2.39. The highest BCUT2D eigenvalue weighted by Crippen LogP contribution is 2.62. The third-order valence-electron chi connectivity index (χ3n) is 11.6. The molecule has 0 bridgehead atoms. The molecule has 1 N–H and O–H groups in total. The van der Waals surface area contributed by atoms with E-state index < -0.39 is 5.41 Å². The minimum absolute atomic E-state index is 0.384. The van der Waals surface area contributed by atoms with Crippen molar-refractivity contribution in [1.29, 1.82) is 0 Å². The molecule has 2 aliphatic heterocycles. The number of rotatable bonds is 8. The molecule has 1 unspecified atom stereocenters. The zero-order valence-corrected chi connectivity index (χ0v) is 32.8. The van der Waals surface area contributed by atoms with E-state index in [-0.39, 0.29) is 6.17 Å². The van der Waals surface area contributed by atoms with Gasteiger partial charge in [-0.05, 0) is 89.5 Å². The number of anilines is 3. The van der Waals surface area contributed by atoms with Crippen LogP contribution in [0.5, 0.6) is 11.5 Å². The Bertz CT molecular complexity index is 2800. The Morgan fingerprint density at radius 2 is 1.22 bits per heavy atom. The van der Waals surface area contributed by atoms with E-state index in [1.807, 2.05) is 24.3 Å². The first kappa shape index (κ1) is 36.0. The minimum Gasteiger partial charge on any atom is -0.457 e. The second kappa shape index (κ2) is 15.2. The molecule has 8 aromatic rings. The summed E-state index contributed by atoms with van der Waals surface area (Å²) in [5.41, 5.74) is 13.9. The van der Waals surface area contributed by atoms with E-state index in [4.69, 9.17) is 9.73 Å². The number of benzene rings is 8. The average Bonchev–Trinajstić information content (AvgIpc) is 3.30. The predicted octanol–water partition coefficient (Wildman–Crippen LogP) is 12.9. The van der Waals surface area contributed by atoms with Gasteiger partial charge in [0.1, 0.15) is 17.7 Å². The first-order valence-electron chi connectivity index (χ1n) is 20.1. The smallest absolute Gasteiger partial charge is 0.155 e. The van der Waals surface area contributed by atoms with Crippen molar-refractivity contribution < 1.29 is 4.74 Å². The first-order valence-corrected chi connectivity index (χ1v) is 20.1. The number of fused-ring (bicyclic) bond motifs is 8. The molecule has 0 fully saturated rings. The van der Waals surface area contributed by atoms with Crippen LogP contribution in [-0.2, 0) is 12.0 Å². The molecule has 5 nitrogen and oxygen atoms in total. The number of hydrogen-bond donors (Lipinski definition) is 1. The van der Waals surface area contributed by atoms with Crippen molar-refractivity contribution in [3.05, 3.63) is 245 Å². The van der Waals surface area contributed by atoms with Gasteiger partial charge in [0.25, 0.3) is 0 Å². The second-order valence-electron chi connectivity index (χ2n) is 15.1. The van der Waals surface area contributed by atoms with Crippen molar-refractivity contribution >= 4 is 29.6 Å². The summed E-state index contributed by atoms with van der Waals surface area (Å²) < 4.78 is 6.88. The highest BCUT2D eigenvalue weighted by Gasteiger charge is 2.51.